The number of hydrogen-bond donors (Lipinski definition) is 1. The molecule has 6 heteroatoms. The molecule has 1 aromatic rings. The highest BCUT2D eigenvalue weighted by Gasteiger charge is 2.24. The SMILES string of the molecule is NCCC#Cc1c(F)c(F)c(F)c(F)c1F. The molecule has 0 aliphatic rings. The van der Waals surface area contributed by atoms with Crippen molar-refractivity contribution >= 4 is 0 Å². The Bertz CT molecular complexity index is 443. The Morgan fingerprint density at radius 2 is 1.25 bits per heavy atom. The molecule has 0 aliphatic heterocycles. The first-order valence-corrected chi connectivity index (χ1v) is 4.21. The quantitative estimate of drug-likeness (QED) is 0.343. The Balaban J connectivity index is 3.36. The summed E-state index contributed by atoms with van der Waals surface area (Å²) in [5.41, 5.74) is 3.92. The standard InChI is InChI=1S/C10H6F5N/c11-6-5(3-1-2-4-16)7(12)9(14)10(15)8(6)13/h2,4,16H2. The molecule has 0 saturated carbocycles. The van der Waals surface area contributed by atoms with Crippen LogP contribution in [0.4, 0.5) is 22.0 Å². The van der Waals surface area contributed by atoms with Gasteiger partial charge in [0.1, 0.15) is 5.56 Å². The summed E-state index contributed by atoms with van der Waals surface area (Å²) >= 11 is 0. The Morgan fingerprint density at radius 3 is 1.69 bits per heavy atom. The van der Waals surface area contributed by atoms with Crippen LogP contribution in [-0.2, 0) is 0 Å². The Hall–Kier alpha value is -1.61. The van der Waals surface area contributed by atoms with E-state index in [0.29, 0.717) is 0 Å². The minimum absolute atomic E-state index is 0.0967. The Kier molecular flexibility index (Phi) is 3.85. The van der Waals surface area contributed by atoms with Crippen LogP contribution in [0.25, 0.3) is 0 Å². The zero-order valence-corrected chi connectivity index (χ0v) is 7.88. The summed E-state index contributed by atoms with van der Waals surface area (Å²) in [6.45, 7) is 0.127. The van der Waals surface area contributed by atoms with Crippen LogP contribution in [0.15, 0.2) is 0 Å². The fourth-order valence-corrected chi connectivity index (χ4v) is 0.938. The van der Waals surface area contributed by atoms with Gasteiger partial charge in [-0.25, -0.2) is 22.0 Å². The van der Waals surface area contributed by atoms with Crippen LogP contribution < -0.4 is 5.73 Å². The van der Waals surface area contributed by atoms with Gasteiger partial charge in [-0.2, -0.15) is 0 Å². The predicted octanol–water partition coefficient (Wildman–Crippen LogP) is 2.08. The molecule has 86 valence electrons. The maximum atomic E-state index is 13.0. The molecular formula is C10H6F5N. The van der Waals surface area contributed by atoms with E-state index in [2.05, 4.69) is 5.92 Å². The smallest absolute Gasteiger partial charge is 0.200 e. The molecule has 0 amide bonds. The average molecular weight is 235 g/mol. The van der Waals surface area contributed by atoms with Crippen molar-refractivity contribution < 1.29 is 22.0 Å². The molecule has 16 heavy (non-hydrogen) atoms. The number of nitrogens with two attached hydrogens (primary N) is 1. The fraction of sp³-hybridized carbons (Fsp3) is 0.200. The molecule has 0 bridgehead atoms. The molecule has 0 aromatic heterocycles. The van der Waals surface area contributed by atoms with Gasteiger partial charge in [-0.1, -0.05) is 11.8 Å². The van der Waals surface area contributed by atoms with Gasteiger partial charge >= 0.3 is 0 Å². The number of benzene rings is 1. The molecule has 1 nitrogen and oxygen atoms in total. The third-order valence-electron chi connectivity index (χ3n) is 1.69. The number of hydrogen-bond acceptors (Lipinski definition) is 1. The van der Waals surface area contributed by atoms with E-state index in [4.69, 9.17) is 5.73 Å². The number of halogens is 5. The Labute approximate surface area is 88.1 Å². The Morgan fingerprint density at radius 1 is 0.812 bits per heavy atom. The van der Waals surface area contributed by atoms with E-state index >= 15 is 0 Å². The van der Waals surface area contributed by atoms with Gasteiger partial charge in [-0.05, 0) is 0 Å². The molecule has 0 radical (unpaired) electrons. The highest BCUT2D eigenvalue weighted by atomic mass is 19.2. The lowest BCUT2D eigenvalue weighted by atomic mass is 10.1. The van der Waals surface area contributed by atoms with Crippen LogP contribution in [0.5, 0.6) is 0 Å². The van der Waals surface area contributed by atoms with E-state index < -0.39 is 34.6 Å². The van der Waals surface area contributed by atoms with Gasteiger partial charge in [0.15, 0.2) is 23.3 Å². The molecule has 1 rings (SSSR count). The first-order chi connectivity index (χ1) is 7.50. The molecule has 0 heterocycles. The van der Waals surface area contributed by atoms with Crippen molar-refractivity contribution in [2.24, 2.45) is 5.73 Å². The van der Waals surface area contributed by atoms with Crippen LogP contribution in [0, 0.1) is 40.9 Å². The zero-order valence-electron chi connectivity index (χ0n) is 7.88. The van der Waals surface area contributed by atoms with Crippen molar-refractivity contribution in [3.8, 4) is 11.8 Å². The summed E-state index contributed by atoms with van der Waals surface area (Å²) in [6.07, 6.45) is 0.0967. The van der Waals surface area contributed by atoms with Crippen molar-refractivity contribution in [2.75, 3.05) is 6.54 Å². The monoisotopic (exact) mass is 235 g/mol. The molecule has 0 spiro atoms. The highest BCUT2D eigenvalue weighted by Crippen LogP contribution is 2.22. The first kappa shape index (κ1) is 12.5. The third kappa shape index (κ3) is 2.14. The lowest BCUT2D eigenvalue weighted by Gasteiger charge is -2.02. The van der Waals surface area contributed by atoms with Crippen molar-refractivity contribution in [3.05, 3.63) is 34.6 Å². The van der Waals surface area contributed by atoms with Crippen molar-refractivity contribution in [2.45, 2.75) is 6.42 Å². The van der Waals surface area contributed by atoms with Gasteiger partial charge in [0.2, 0.25) is 5.82 Å². The fourth-order valence-electron chi connectivity index (χ4n) is 0.938. The largest absolute Gasteiger partial charge is 0.330 e. The van der Waals surface area contributed by atoms with Crippen LogP contribution in [-0.4, -0.2) is 6.54 Å². The summed E-state index contributed by atoms with van der Waals surface area (Å²) in [5.74, 6) is -6.00. The van der Waals surface area contributed by atoms with Gasteiger partial charge in [-0.15, -0.1) is 0 Å². The van der Waals surface area contributed by atoms with Gasteiger partial charge < -0.3 is 5.73 Å². The minimum Gasteiger partial charge on any atom is -0.330 e. The molecule has 2 N–H and O–H groups in total. The average Bonchev–Trinajstić information content (AvgIpc) is 2.28. The van der Waals surface area contributed by atoms with Crippen LogP contribution >= 0.6 is 0 Å². The third-order valence-corrected chi connectivity index (χ3v) is 1.69. The molecular weight excluding hydrogens is 229 g/mol. The second-order valence-electron chi connectivity index (χ2n) is 2.79. The van der Waals surface area contributed by atoms with E-state index in [1.807, 2.05) is 5.92 Å². The van der Waals surface area contributed by atoms with Crippen molar-refractivity contribution in [1.82, 2.24) is 0 Å². The lowest BCUT2D eigenvalue weighted by molar-refractivity contribution is 0.376. The zero-order chi connectivity index (χ0) is 12.3. The maximum Gasteiger partial charge on any atom is 0.200 e. The van der Waals surface area contributed by atoms with Gasteiger partial charge in [0, 0.05) is 13.0 Å². The summed E-state index contributed by atoms with van der Waals surface area (Å²) in [4.78, 5) is 0. The molecule has 0 aliphatic carbocycles. The number of rotatable bonds is 1. The molecule has 1 aromatic carbocycles. The van der Waals surface area contributed by atoms with Crippen molar-refractivity contribution in [1.29, 1.82) is 0 Å². The lowest BCUT2D eigenvalue weighted by Crippen LogP contribution is -2.04. The van der Waals surface area contributed by atoms with E-state index in [-0.39, 0.29) is 13.0 Å². The minimum atomic E-state index is -2.20. The van der Waals surface area contributed by atoms with Crippen LogP contribution in [0.3, 0.4) is 0 Å². The van der Waals surface area contributed by atoms with Crippen molar-refractivity contribution in [3.63, 3.8) is 0 Å². The van der Waals surface area contributed by atoms with Gasteiger partial charge in [0.05, 0.1) is 0 Å². The topological polar surface area (TPSA) is 26.0 Å². The molecule has 0 fully saturated rings. The summed E-state index contributed by atoms with van der Waals surface area (Å²) in [7, 11) is 0. The molecule has 0 saturated heterocycles. The first-order valence-electron chi connectivity index (χ1n) is 4.21. The highest BCUT2D eigenvalue weighted by molar-refractivity contribution is 5.38. The second-order valence-corrected chi connectivity index (χ2v) is 2.79. The second kappa shape index (κ2) is 4.94. The summed E-state index contributed by atoms with van der Waals surface area (Å²) in [5, 5.41) is 0. The van der Waals surface area contributed by atoms with Crippen LogP contribution in [0.1, 0.15) is 12.0 Å². The molecule has 0 atom stereocenters. The maximum absolute atomic E-state index is 13.0. The normalized spacial score (nSPS) is 9.88. The van der Waals surface area contributed by atoms with E-state index in [0.717, 1.165) is 0 Å². The van der Waals surface area contributed by atoms with Gasteiger partial charge in [-0.3, -0.25) is 0 Å². The molecule has 0 unspecified atom stereocenters. The van der Waals surface area contributed by atoms with E-state index in [1.165, 1.54) is 0 Å². The van der Waals surface area contributed by atoms with Crippen LogP contribution in [0.2, 0.25) is 0 Å². The summed E-state index contributed by atoms with van der Waals surface area (Å²) in [6, 6.07) is 0. The van der Waals surface area contributed by atoms with Gasteiger partial charge in [0.25, 0.3) is 0 Å². The predicted molar refractivity (Wildman–Crippen MR) is 46.8 cm³/mol. The van der Waals surface area contributed by atoms with E-state index in [1.54, 1.807) is 0 Å². The van der Waals surface area contributed by atoms with E-state index in [9.17, 15) is 22.0 Å². The summed E-state index contributed by atoms with van der Waals surface area (Å²) < 4.78 is 63.9.